The number of carboxylic acid groups (broad SMARTS) is 2. The molecule has 0 unspecified atom stereocenters. The second-order valence-corrected chi connectivity index (χ2v) is 4.77. The summed E-state index contributed by atoms with van der Waals surface area (Å²) < 4.78 is 11.2. The van der Waals surface area contributed by atoms with Crippen molar-refractivity contribution < 1.29 is 34.4 Å². The second-order valence-electron chi connectivity index (χ2n) is 4.77. The average Bonchev–Trinajstić information content (AvgIpc) is 2.93. The topological polar surface area (TPSA) is 125 Å². The monoisotopic (exact) mass is 339 g/mol. The Morgan fingerprint density at radius 2 is 1.75 bits per heavy atom. The van der Waals surface area contributed by atoms with Gasteiger partial charge in [0.15, 0.2) is 11.5 Å². The summed E-state index contributed by atoms with van der Waals surface area (Å²) in [5.41, 5.74) is 0. The van der Waals surface area contributed by atoms with Crippen molar-refractivity contribution in [1.82, 2.24) is 5.32 Å². The van der Waals surface area contributed by atoms with E-state index in [4.69, 9.17) is 19.7 Å². The van der Waals surface area contributed by atoms with E-state index >= 15 is 0 Å². The molecule has 1 aromatic rings. The van der Waals surface area contributed by atoms with Gasteiger partial charge in [0.1, 0.15) is 12.2 Å². The first-order valence-electron chi connectivity index (χ1n) is 7.35. The largest absolute Gasteiger partial charge is 0.490 e. The van der Waals surface area contributed by atoms with E-state index in [0.717, 1.165) is 5.75 Å². The Labute approximate surface area is 139 Å². The molecule has 0 bridgehead atoms. The van der Waals surface area contributed by atoms with Gasteiger partial charge in [-0.05, 0) is 19.1 Å². The zero-order chi connectivity index (χ0) is 17.9. The van der Waals surface area contributed by atoms with Crippen LogP contribution in [0.2, 0.25) is 0 Å². The molecule has 1 aromatic carbocycles. The van der Waals surface area contributed by atoms with Crippen LogP contribution >= 0.6 is 0 Å². The molecule has 0 amide bonds. The molecular weight excluding hydrogens is 318 g/mol. The van der Waals surface area contributed by atoms with Gasteiger partial charge in [-0.2, -0.15) is 0 Å². The van der Waals surface area contributed by atoms with Gasteiger partial charge in [-0.3, -0.25) is 0 Å². The minimum absolute atomic E-state index is 0.193. The van der Waals surface area contributed by atoms with Crippen molar-refractivity contribution in [3.05, 3.63) is 36.4 Å². The molecule has 0 aliphatic carbocycles. The second kappa shape index (κ2) is 10.2. The highest BCUT2D eigenvalue weighted by atomic mass is 16.5. The Bertz CT molecular complexity index is 557. The number of carbonyl (C=O) groups is 2. The lowest BCUT2D eigenvalue weighted by atomic mass is 10.2. The first kappa shape index (κ1) is 19.5. The number of aliphatic hydroxyl groups excluding tert-OH is 1. The summed E-state index contributed by atoms with van der Waals surface area (Å²) in [5, 5.41) is 28.3. The predicted molar refractivity (Wildman–Crippen MR) is 85.3 cm³/mol. The number of ether oxygens (including phenoxy) is 2. The summed E-state index contributed by atoms with van der Waals surface area (Å²) in [4.78, 5) is 19.1. The molecule has 0 radical (unpaired) electrons. The van der Waals surface area contributed by atoms with Gasteiger partial charge in [0.05, 0.1) is 6.61 Å². The Kier molecular flexibility index (Phi) is 8.31. The Morgan fingerprint density at radius 1 is 1.17 bits per heavy atom. The van der Waals surface area contributed by atoms with E-state index in [1.165, 1.54) is 0 Å². The lowest BCUT2D eigenvalue weighted by molar-refractivity contribution is -0.134. The normalized spacial score (nSPS) is 19.4. The van der Waals surface area contributed by atoms with Gasteiger partial charge in [-0.15, -0.1) is 0 Å². The average molecular weight is 339 g/mol. The molecular formula is C16H21NO7. The molecule has 1 saturated heterocycles. The van der Waals surface area contributed by atoms with E-state index in [1.54, 1.807) is 0 Å². The lowest BCUT2D eigenvalue weighted by Gasteiger charge is -2.18. The number of rotatable bonds is 6. The van der Waals surface area contributed by atoms with E-state index in [-0.39, 0.29) is 6.10 Å². The van der Waals surface area contributed by atoms with E-state index in [0.29, 0.717) is 37.6 Å². The van der Waals surface area contributed by atoms with Crippen molar-refractivity contribution in [2.24, 2.45) is 0 Å². The highest BCUT2D eigenvalue weighted by Crippen LogP contribution is 2.28. The Morgan fingerprint density at radius 3 is 2.21 bits per heavy atom. The summed E-state index contributed by atoms with van der Waals surface area (Å²) in [6, 6.07) is 7.53. The number of carboxylic acids is 2. The molecule has 0 saturated carbocycles. The SMILES string of the molecule is CCOc1ccccc1O[C@@H]1CNC[C@H]1O.O=C(O)/C=C/C(=O)O. The van der Waals surface area contributed by atoms with Crippen LogP contribution in [0.1, 0.15) is 6.92 Å². The smallest absolute Gasteiger partial charge is 0.328 e. The van der Waals surface area contributed by atoms with Crippen molar-refractivity contribution >= 4 is 11.9 Å². The molecule has 2 atom stereocenters. The Hall–Kier alpha value is -2.58. The van der Waals surface area contributed by atoms with Crippen LogP contribution < -0.4 is 14.8 Å². The van der Waals surface area contributed by atoms with E-state index in [1.807, 2.05) is 31.2 Å². The third-order valence-corrected chi connectivity index (χ3v) is 2.92. The van der Waals surface area contributed by atoms with Crippen molar-refractivity contribution in [1.29, 1.82) is 0 Å². The Balaban J connectivity index is 0.000000307. The van der Waals surface area contributed by atoms with Crippen LogP contribution in [0.5, 0.6) is 11.5 Å². The van der Waals surface area contributed by atoms with Gasteiger partial charge in [0.25, 0.3) is 0 Å². The van der Waals surface area contributed by atoms with Crippen molar-refractivity contribution in [3.8, 4) is 11.5 Å². The number of hydrogen-bond donors (Lipinski definition) is 4. The highest BCUT2D eigenvalue weighted by Gasteiger charge is 2.27. The third kappa shape index (κ3) is 7.12. The molecule has 1 aliphatic rings. The molecule has 2 rings (SSSR count). The van der Waals surface area contributed by atoms with E-state index in [2.05, 4.69) is 5.32 Å². The zero-order valence-electron chi connectivity index (χ0n) is 13.2. The van der Waals surface area contributed by atoms with Crippen molar-refractivity contribution in [2.75, 3.05) is 19.7 Å². The van der Waals surface area contributed by atoms with Gasteiger partial charge in [0, 0.05) is 25.2 Å². The molecule has 8 heteroatoms. The maximum atomic E-state index is 9.64. The molecule has 1 aliphatic heterocycles. The summed E-state index contributed by atoms with van der Waals surface area (Å²) in [6.45, 7) is 3.79. The maximum absolute atomic E-state index is 9.64. The predicted octanol–water partition coefficient (Wildman–Crippen LogP) is 0.509. The van der Waals surface area contributed by atoms with Crippen LogP contribution in [0, 0.1) is 0 Å². The number of aliphatic hydroxyl groups is 1. The number of aliphatic carboxylic acids is 2. The van der Waals surface area contributed by atoms with Gasteiger partial charge in [-0.25, -0.2) is 9.59 Å². The van der Waals surface area contributed by atoms with Crippen LogP contribution in [0.3, 0.4) is 0 Å². The van der Waals surface area contributed by atoms with Crippen LogP contribution in [0.4, 0.5) is 0 Å². The first-order chi connectivity index (χ1) is 11.4. The van der Waals surface area contributed by atoms with Crippen LogP contribution in [0.15, 0.2) is 36.4 Å². The van der Waals surface area contributed by atoms with Crippen molar-refractivity contribution in [3.63, 3.8) is 0 Å². The number of nitrogens with one attached hydrogen (secondary N) is 1. The summed E-state index contributed by atoms with van der Waals surface area (Å²) in [6.07, 6.45) is 0.473. The molecule has 8 nitrogen and oxygen atoms in total. The van der Waals surface area contributed by atoms with Gasteiger partial charge < -0.3 is 30.1 Å². The number of benzene rings is 1. The number of β-amino-alcohol motifs (C(OH)–C–C–N with tert-alkyl or cyclic N) is 1. The van der Waals surface area contributed by atoms with E-state index in [9.17, 15) is 14.7 Å². The lowest BCUT2D eigenvalue weighted by Crippen LogP contribution is -2.29. The zero-order valence-corrected chi connectivity index (χ0v) is 13.2. The van der Waals surface area contributed by atoms with Gasteiger partial charge in [0.2, 0.25) is 0 Å². The fourth-order valence-electron chi connectivity index (χ4n) is 1.89. The van der Waals surface area contributed by atoms with Crippen LogP contribution in [-0.2, 0) is 9.59 Å². The molecule has 0 aromatic heterocycles. The molecule has 24 heavy (non-hydrogen) atoms. The minimum Gasteiger partial charge on any atom is -0.490 e. The fraction of sp³-hybridized carbons (Fsp3) is 0.375. The minimum atomic E-state index is -1.26. The number of hydrogen-bond acceptors (Lipinski definition) is 6. The highest BCUT2D eigenvalue weighted by molar-refractivity contribution is 5.89. The quantitative estimate of drug-likeness (QED) is 0.552. The van der Waals surface area contributed by atoms with Crippen molar-refractivity contribution in [2.45, 2.75) is 19.1 Å². The number of para-hydroxylation sites is 2. The standard InChI is InChI=1S/C12H17NO3.C4H4O4/c1-2-15-10-5-3-4-6-11(10)16-12-8-13-7-9(12)14;5-3(6)1-2-4(7)8/h3-6,9,12-14H,2,7-8H2,1H3;1-2H,(H,5,6)(H,7,8)/b;2-1+/t9-,12-;/m1./s1. The van der Waals surface area contributed by atoms with Crippen LogP contribution in [-0.4, -0.2) is 59.2 Å². The summed E-state index contributed by atoms with van der Waals surface area (Å²) >= 11 is 0. The molecule has 132 valence electrons. The molecule has 4 N–H and O–H groups in total. The maximum Gasteiger partial charge on any atom is 0.328 e. The van der Waals surface area contributed by atoms with E-state index < -0.39 is 18.0 Å². The summed E-state index contributed by atoms with van der Waals surface area (Å²) in [5.74, 6) is -1.10. The molecule has 1 heterocycles. The fourth-order valence-corrected chi connectivity index (χ4v) is 1.89. The van der Waals surface area contributed by atoms with Gasteiger partial charge >= 0.3 is 11.9 Å². The molecule has 1 fully saturated rings. The third-order valence-electron chi connectivity index (χ3n) is 2.92. The summed E-state index contributed by atoms with van der Waals surface area (Å²) in [7, 11) is 0. The first-order valence-corrected chi connectivity index (χ1v) is 7.35. The molecule has 0 spiro atoms. The van der Waals surface area contributed by atoms with Gasteiger partial charge in [-0.1, -0.05) is 12.1 Å². The van der Waals surface area contributed by atoms with Crippen LogP contribution in [0.25, 0.3) is 0 Å².